The molecular formula is C19H31NO. The van der Waals surface area contributed by atoms with Gasteiger partial charge in [0, 0.05) is 12.6 Å². The smallest absolute Gasteiger partial charge is 0.0953 e. The second-order valence-corrected chi connectivity index (χ2v) is 6.98. The van der Waals surface area contributed by atoms with Crippen LogP contribution in [0.1, 0.15) is 63.7 Å². The molecule has 1 atom stereocenters. The van der Waals surface area contributed by atoms with Crippen LogP contribution in [0, 0.1) is 12.8 Å². The van der Waals surface area contributed by atoms with Crippen molar-refractivity contribution in [3.05, 3.63) is 35.4 Å². The number of hydrogen-bond acceptors (Lipinski definition) is 2. The number of aryl methyl sites for hydroxylation is 1. The molecule has 2 nitrogen and oxygen atoms in total. The molecule has 1 aromatic rings. The van der Waals surface area contributed by atoms with E-state index in [4.69, 9.17) is 4.74 Å². The average molecular weight is 289 g/mol. The Kier molecular flexibility index (Phi) is 6.25. The molecule has 0 heterocycles. The maximum atomic E-state index is 6.47. The highest BCUT2D eigenvalue weighted by Crippen LogP contribution is 2.30. The Balaban J connectivity index is 2.01. The summed E-state index contributed by atoms with van der Waals surface area (Å²) in [6.45, 7) is 9.78. The highest BCUT2D eigenvalue weighted by molar-refractivity contribution is 5.24. The van der Waals surface area contributed by atoms with E-state index in [1.54, 1.807) is 0 Å². The molecule has 0 amide bonds. The lowest BCUT2D eigenvalue weighted by molar-refractivity contribution is -0.0369. The van der Waals surface area contributed by atoms with Gasteiger partial charge in [0.15, 0.2) is 0 Å². The summed E-state index contributed by atoms with van der Waals surface area (Å²) in [4.78, 5) is 0. The predicted octanol–water partition coefficient (Wildman–Crippen LogP) is 4.63. The van der Waals surface area contributed by atoms with Crippen LogP contribution in [0.2, 0.25) is 0 Å². The molecule has 1 aliphatic rings. The van der Waals surface area contributed by atoms with Crippen LogP contribution in [0.15, 0.2) is 24.3 Å². The molecule has 0 aliphatic heterocycles. The fourth-order valence-corrected chi connectivity index (χ4v) is 3.06. The Labute approximate surface area is 130 Å². The maximum Gasteiger partial charge on any atom is 0.0953 e. The number of ether oxygens (including phenoxy) is 1. The van der Waals surface area contributed by atoms with E-state index in [-0.39, 0.29) is 6.10 Å². The second kappa shape index (κ2) is 7.95. The van der Waals surface area contributed by atoms with Gasteiger partial charge in [-0.3, -0.25) is 0 Å². The monoisotopic (exact) mass is 289 g/mol. The van der Waals surface area contributed by atoms with Gasteiger partial charge in [-0.15, -0.1) is 0 Å². The summed E-state index contributed by atoms with van der Waals surface area (Å²) < 4.78 is 6.47. The normalized spacial score (nSPS) is 24.2. The Morgan fingerprint density at radius 3 is 2.52 bits per heavy atom. The van der Waals surface area contributed by atoms with Crippen LogP contribution in [-0.2, 0) is 4.74 Å². The number of hydrogen-bond donors (Lipinski definition) is 1. The van der Waals surface area contributed by atoms with Gasteiger partial charge in [0.2, 0.25) is 0 Å². The maximum absolute atomic E-state index is 6.47. The molecule has 1 aliphatic carbocycles. The van der Waals surface area contributed by atoms with Crippen LogP contribution in [0.5, 0.6) is 0 Å². The molecule has 0 spiro atoms. The first kappa shape index (κ1) is 16.5. The second-order valence-electron chi connectivity index (χ2n) is 6.98. The molecule has 1 aromatic carbocycles. The zero-order chi connectivity index (χ0) is 15.2. The van der Waals surface area contributed by atoms with Crippen molar-refractivity contribution >= 4 is 0 Å². The van der Waals surface area contributed by atoms with Crippen molar-refractivity contribution in [2.24, 2.45) is 5.92 Å². The lowest BCUT2D eigenvalue weighted by Crippen LogP contribution is -2.32. The summed E-state index contributed by atoms with van der Waals surface area (Å²) in [5, 5.41) is 3.54. The van der Waals surface area contributed by atoms with Crippen molar-refractivity contribution < 1.29 is 4.74 Å². The first-order valence-electron chi connectivity index (χ1n) is 8.50. The average Bonchev–Trinajstić information content (AvgIpc) is 2.45. The third kappa shape index (κ3) is 5.44. The Morgan fingerprint density at radius 2 is 1.90 bits per heavy atom. The van der Waals surface area contributed by atoms with Crippen molar-refractivity contribution in [2.75, 3.05) is 6.54 Å². The summed E-state index contributed by atoms with van der Waals surface area (Å²) in [7, 11) is 0. The van der Waals surface area contributed by atoms with Crippen molar-refractivity contribution in [1.82, 2.24) is 5.32 Å². The van der Waals surface area contributed by atoms with E-state index in [0.717, 1.165) is 12.5 Å². The summed E-state index contributed by atoms with van der Waals surface area (Å²) in [6.07, 6.45) is 5.65. The number of nitrogens with one attached hydrogen (secondary N) is 1. The molecule has 21 heavy (non-hydrogen) atoms. The summed E-state index contributed by atoms with van der Waals surface area (Å²) >= 11 is 0. The van der Waals surface area contributed by atoms with Crippen LogP contribution in [-0.4, -0.2) is 18.7 Å². The van der Waals surface area contributed by atoms with Gasteiger partial charge in [0.25, 0.3) is 0 Å². The van der Waals surface area contributed by atoms with Gasteiger partial charge in [-0.1, -0.05) is 50.6 Å². The van der Waals surface area contributed by atoms with Crippen LogP contribution in [0.3, 0.4) is 0 Å². The van der Waals surface area contributed by atoms with Gasteiger partial charge in [-0.25, -0.2) is 0 Å². The minimum atomic E-state index is 0.172. The van der Waals surface area contributed by atoms with Crippen LogP contribution >= 0.6 is 0 Å². The third-order valence-electron chi connectivity index (χ3n) is 4.45. The summed E-state index contributed by atoms with van der Waals surface area (Å²) in [5.74, 6) is 0.871. The Bertz CT molecular complexity index is 421. The van der Waals surface area contributed by atoms with Crippen LogP contribution in [0.25, 0.3) is 0 Å². The predicted molar refractivity (Wildman–Crippen MR) is 89.6 cm³/mol. The number of rotatable bonds is 6. The van der Waals surface area contributed by atoms with Gasteiger partial charge in [-0.2, -0.15) is 0 Å². The zero-order valence-corrected chi connectivity index (χ0v) is 14.1. The van der Waals surface area contributed by atoms with Crippen LogP contribution < -0.4 is 5.32 Å². The lowest BCUT2D eigenvalue weighted by Gasteiger charge is -2.31. The standard InChI is InChI=1S/C19H31NO/c1-14(2)20-13-19(17-7-5-6-16(4)12-17)21-18-10-8-15(3)9-11-18/h5-7,12,14-15,18-20H,8-11,13H2,1-4H3. The molecule has 2 rings (SSSR count). The first-order chi connectivity index (χ1) is 10.0. The quantitative estimate of drug-likeness (QED) is 0.824. The summed E-state index contributed by atoms with van der Waals surface area (Å²) in [6, 6.07) is 9.24. The first-order valence-corrected chi connectivity index (χ1v) is 8.50. The van der Waals surface area contributed by atoms with E-state index in [1.807, 2.05) is 0 Å². The Morgan fingerprint density at radius 1 is 1.19 bits per heavy atom. The SMILES string of the molecule is Cc1cccc(C(CNC(C)C)OC2CCC(C)CC2)c1. The zero-order valence-electron chi connectivity index (χ0n) is 14.1. The molecular weight excluding hydrogens is 258 g/mol. The molecule has 0 radical (unpaired) electrons. The third-order valence-corrected chi connectivity index (χ3v) is 4.45. The molecule has 0 saturated heterocycles. The van der Waals surface area contributed by atoms with Crippen molar-refractivity contribution in [1.29, 1.82) is 0 Å². The largest absolute Gasteiger partial charge is 0.369 e. The topological polar surface area (TPSA) is 21.3 Å². The van der Waals surface area contributed by atoms with E-state index in [2.05, 4.69) is 57.3 Å². The molecule has 1 saturated carbocycles. The summed E-state index contributed by atoms with van der Waals surface area (Å²) in [5.41, 5.74) is 2.62. The van der Waals surface area contributed by atoms with Gasteiger partial charge < -0.3 is 10.1 Å². The highest BCUT2D eigenvalue weighted by Gasteiger charge is 2.23. The van der Waals surface area contributed by atoms with Gasteiger partial charge >= 0.3 is 0 Å². The van der Waals surface area contributed by atoms with E-state index >= 15 is 0 Å². The van der Waals surface area contributed by atoms with E-state index < -0.39 is 0 Å². The highest BCUT2D eigenvalue weighted by atomic mass is 16.5. The van der Waals surface area contributed by atoms with Gasteiger partial charge in [0.1, 0.15) is 0 Å². The molecule has 1 N–H and O–H groups in total. The molecule has 0 bridgehead atoms. The van der Waals surface area contributed by atoms with Crippen molar-refractivity contribution in [3.8, 4) is 0 Å². The minimum absolute atomic E-state index is 0.172. The van der Waals surface area contributed by atoms with E-state index in [9.17, 15) is 0 Å². The molecule has 2 heteroatoms. The molecule has 0 aromatic heterocycles. The van der Waals surface area contributed by atoms with E-state index in [0.29, 0.717) is 12.1 Å². The van der Waals surface area contributed by atoms with Crippen molar-refractivity contribution in [3.63, 3.8) is 0 Å². The molecule has 1 unspecified atom stereocenters. The molecule has 1 fully saturated rings. The molecule has 118 valence electrons. The lowest BCUT2D eigenvalue weighted by atomic mass is 9.88. The van der Waals surface area contributed by atoms with Gasteiger partial charge in [0.05, 0.1) is 12.2 Å². The van der Waals surface area contributed by atoms with Crippen molar-refractivity contribution in [2.45, 2.75) is 71.6 Å². The van der Waals surface area contributed by atoms with Gasteiger partial charge in [-0.05, 0) is 44.1 Å². The van der Waals surface area contributed by atoms with E-state index in [1.165, 1.54) is 36.8 Å². The number of benzene rings is 1. The minimum Gasteiger partial charge on any atom is -0.369 e. The van der Waals surface area contributed by atoms with Crippen LogP contribution in [0.4, 0.5) is 0 Å². The fourth-order valence-electron chi connectivity index (χ4n) is 3.06. The Hall–Kier alpha value is -0.860. The fraction of sp³-hybridized carbons (Fsp3) is 0.684.